The normalized spacial score (nSPS) is 11.3. The molecule has 0 saturated carbocycles. The molecule has 174 valence electrons. The minimum atomic E-state index is -3.71. The Bertz CT molecular complexity index is 1080. The van der Waals surface area contributed by atoms with Crippen LogP contribution < -0.4 is 14.8 Å². The summed E-state index contributed by atoms with van der Waals surface area (Å²) in [4.78, 5) is 24.6. The lowest BCUT2D eigenvalue weighted by molar-refractivity contribution is -0.115. The van der Waals surface area contributed by atoms with E-state index in [0.717, 1.165) is 0 Å². The molecule has 0 atom stereocenters. The van der Waals surface area contributed by atoms with Gasteiger partial charge in [0.1, 0.15) is 11.5 Å². The fourth-order valence-corrected chi connectivity index (χ4v) is 4.75. The van der Waals surface area contributed by atoms with Crippen molar-refractivity contribution in [1.29, 1.82) is 0 Å². The van der Waals surface area contributed by atoms with E-state index in [1.807, 2.05) is 0 Å². The van der Waals surface area contributed by atoms with Gasteiger partial charge in [0.05, 0.1) is 30.7 Å². The average molecular weight is 463 g/mol. The number of rotatable bonds is 11. The van der Waals surface area contributed by atoms with Gasteiger partial charge in [0.25, 0.3) is 0 Å². The summed E-state index contributed by atoms with van der Waals surface area (Å²) in [6, 6.07) is 9.30. The van der Waals surface area contributed by atoms with Crippen molar-refractivity contribution in [2.24, 2.45) is 0 Å². The zero-order valence-corrected chi connectivity index (χ0v) is 19.9. The van der Waals surface area contributed by atoms with Crippen molar-refractivity contribution in [3.63, 3.8) is 0 Å². The summed E-state index contributed by atoms with van der Waals surface area (Å²) in [5, 5.41) is 2.74. The lowest BCUT2D eigenvalue weighted by atomic mass is 10.0. The van der Waals surface area contributed by atoms with Crippen LogP contribution in [0.1, 0.15) is 43.6 Å². The molecule has 0 unspecified atom stereocenters. The lowest BCUT2D eigenvalue weighted by Crippen LogP contribution is -2.30. The first-order valence-corrected chi connectivity index (χ1v) is 11.9. The zero-order valence-electron chi connectivity index (χ0n) is 19.1. The number of nitrogens with one attached hydrogen (secondary N) is 1. The molecule has 0 aliphatic heterocycles. The molecule has 0 saturated heterocycles. The van der Waals surface area contributed by atoms with Gasteiger partial charge in [0, 0.05) is 24.2 Å². The molecule has 0 heterocycles. The third kappa shape index (κ3) is 5.86. The molecular formula is C23H30N2O6S. The number of carbonyl (C=O) groups excluding carboxylic acids is 2. The highest BCUT2D eigenvalue weighted by atomic mass is 32.2. The molecule has 1 N–H and O–H groups in total. The van der Waals surface area contributed by atoms with E-state index in [0.29, 0.717) is 42.3 Å². The minimum Gasteiger partial charge on any atom is -0.496 e. The van der Waals surface area contributed by atoms with E-state index < -0.39 is 15.9 Å². The maximum atomic E-state index is 12.9. The van der Waals surface area contributed by atoms with Crippen LogP contribution in [0.4, 0.5) is 5.69 Å². The predicted molar refractivity (Wildman–Crippen MR) is 123 cm³/mol. The molecule has 2 rings (SSSR count). The quantitative estimate of drug-likeness (QED) is 0.513. The topological polar surface area (TPSA) is 102 Å². The van der Waals surface area contributed by atoms with Gasteiger partial charge >= 0.3 is 0 Å². The van der Waals surface area contributed by atoms with Crippen LogP contribution >= 0.6 is 0 Å². The van der Waals surface area contributed by atoms with Crippen LogP contribution in [0.3, 0.4) is 0 Å². The van der Waals surface area contributed by atoms with Crippen LogP contribution in [0.5, 0.6) is 11.5 Å². The molecule has 0 spiro atoms. The molecule has 0 fully saturated rings. The Labute approximate surface area is 189 Å². The van der Waals surface area contributed by atoms with Crippen molar-refractivity contribution < 1.29 is 27.5 Å². The minimum absolute atomic E-state index is 0.0658. The number of nitrogens with zero attached hydrogens (tertiary/aromatic N) is 1. The second-order valence-corrected chi connectivity index (χ2v) is 8.93. The molecule has 32 heavy (non-hydrogen) atoms. The van der Waals surface area contributed by atoms with Crippen LogP contribution in [0, 0.1) is 0 Å². The van der Waals surface area contributed by atoms with E-state index in [9.17, 15) is 18.0 Å². The lowest BCUT2D eigenvalue weighted by Gasteiger charge is -2.20. The second-order valence-electron chi connectivity index (χ2n) is 6.99. The number of methoxy groups -OCH3 is 1. The monoisotopic (exact) mass is 462 g/mol. The number of carbonyl (C=O) groups is 2. The smallest absolute Gasteiger partial charge is 0.243 e. The fourth-order valence-electron chi connectivity index (χ4n) is 3.26. The van der Waals surface area contributed by atoms with Crippen LogP contribution in [0.25, 0.3) is 0 Å². The Morgan fingerprint density at radius 1 is 1.00 bits per heavy atom. The molecule has 8 nitrogen and oxygen atoms in total. The standard InChI is InChI=1S/C23H30N2O6S/c1-6-25(7-2)32(28,29)19-10-12-22(31-8-3)20(15-19)24-23(27)14-18-13-17(16(4)26)9-11-21(18)30-5/h9-13,15H,6-8,14H2,1-5H3,(H,24,27). The van der Waals surface area contributed by atoms with E-state index in [-0.39, 0.29) is 22.8 Å². The third-order valence-electron chi connectivity index (χ3n) is 4.91. The number of benzene rings is 2. The Morgan fingerprint density at radius 3 is 2.22 bits per heavy atom. The molecular weight excluding hydrogens is 432 g/mol. The van der Waals surface area contributed by atoms with Gasteiger partial charge in [-0.15, -0.1) is 0 Å². The number of hydrogen-bond donors (Lipinski definition) is 1. The summed E-state index contributed by atoms with van der Waals surface area (Å²) >= 11 is 0. The van der Waals surface area contributed by atoms with Crippen LogP contribution in [-0.4, -0.2) is 51.2 Å². The predicted octanol–water partition coefficient (Wildman–Crippen LogP) is 3.51. The molecule has 0 aliphatic rings. The van der Waals surface area contributed by atoms with E-state index in [1.165, 1.54) is 36.5 Å². The number of sulfonamides is 1. The maximum absolute atomic E-state index is 12.9. The van der Waals surface area contributed by atoms with Gasteiger partial charge in [-0.2, -0.15) is 4.31 Å². The van der Waals surface area contributed by atoms with Gasteiger partial charge in [-0.25, -0.2) is 8.42 Å². The largest absolute Gasteiger partial charge is 0.496 e. The SMILES string of the molecule is CCOc1ccc(S(=O)(=O)N(CC)CC)cc1NC(=O)Cc1cc(C(C)=O)ccc1OC. The zero-order chi connectivity index (χ0) is 23.9. The Balaban J connectivity index is 2.38. The van der Waals surface area contributed by atoms with Crippen molar-refractivity contribution in [1.82, 2.24) is 4.31 Å². The molecule has 0 aromatic heterocycles. The Hall–Kier alpha value is -2.91. The Kier molecular flexibility index (Phi) is 8.80. The van der Waals surface area contributed by atoms with Gasteiger partial charge in [-0.05, 0) is 50.2 Å². The number of hydrogen-bond acceptors (Lipinski definition) is 6. The number of Topliss-reactive ketones (excluding diaryl/α,β-unsaturated/α-hetero) is 1. The Morgan fingerprint density at radius 2 is 1.66 bits per heavy atom. The van der Waals surface area contributed by atoms with Crippen molar-refractivity contribution in [3.8, 4) is 11.5 Å². The van der Waals surface area contributed by atoms with Gasteiger partial charge in [0.2, 0.25) is 15.9 Å². The van der Waals surface area contributed by atoms with Crippen molar-refractivity contribution in [2.45, 2.75) is 39.0 Å². The van der Waals surface area contributed by atoms with E-state index in [2.05, 4.69) is 5.32 Å². The van der Waals surface area contributed by atoms with Crippen LogP contribution in [0.2, 0.25) is 0 Å². The van der Waals surface area contributed by atoms with E-state index in [4.69, 9.17) is 9.47 Å². The number of amides is 1. The highest BCUT2D eigenvalue weighted by Gasteiger charge is 2.23. The van der Waals surface area contributed by atoms with Crippen LogP contribution in [0.15, 0.2) is 41.3 Å². The highest BCUT2D eigenvalue weighted by molar-refractivity contribution is 7.89. The molecule has 1 amide bonds. The van der Waals surface area contributed by atoms with Gasteiger partial charge in [0.15, 0.2) is 5.78 Å². The van der Waals surface area contributed by atoms with Gasteiger partial charge in [-0.3, -0.25) is 9.59 Å². The fraction of sp³-hybridized carbons (Fsp3) is 0.391. The van der Waals surface area contributed by atoms with Gasteiger partial charge in [-0.1, -0.05) is 13.8 Å². The van der Waals surface area contributed by atoms with Crippen molar-refractivity contribution in [2.75, 3.05) is 32.1 Å². The van der Waals surface area contributed by atoms with Crippen LogP contribution in [-0.2, 0) is 21.2 Å². The first-order valence-electron chi connectivity index (χ1n) is 10.4. The second kappa shape index (κ2) is 11.1. The first-order chi connectivity index (χ1) is 15.2. The van der Waals surface area contributed by atoms with E-state index in [1.54, 1.807) is 39.0 Å². The summed E-state index contributed by atoms with van der Waals surface area (Å²) in [6.07, 6.45) is -0.0666. The maximum Gasteiger partial charge on any atom is 0.243 e. The number of ketones is 1. The van der Waals surface area contributed by atoms with E-state index >= 15 is 0 Å². The summed E-state index contributed by atoms with van der Waals surface area (Å²) in [5.41, 5.74) is 1.27. The molecule has 9 heteroatoms. The molecule has 0 bridgehead atoms. The third-order valence-corrected chi connectivity index (χ3v) is 6.95. The number of anilines is 1. The summed E-state index contributed by atoms with van der Waals surface area (Å²) < 4.78 is 38.0. The molecule has 0 radical (unpaired) electrons. The molecule has 0 aliphatic carbocycles. The van der Waals surface area contributed by atoms with Gasteiger partial charge < -0.3 is 14.8 Å². The van der Waals surface area contributed by atoms with Crippen molar-refractivity contribution >= 4 is 27.4 Å². The first kappa shape index (κ1) is 25.4. The summed E-state index contributed by atoms with van der Waals surface area (Å²) in [5.74, 6) is 0.321. The van der Waals surface area contributed by atoms with Crippen molar-refractivity contribution in [3.05, 3.63) is 47.5 Å². The summed E-state index contributed by atoms with van der Waals surface area (Å²) in [6.45, 7) is 7.79. The molecule has 2 aromatic carbocycles. The average Bonchev–Trinajstić information content (AvgIpc) is 2.75. The summed E-state index contributed by atoms with van der Waals surface area (Å²) in [7, 11) is -2.22. The number of ether oxygens (including phenoxy) is 2. The highest BCUT2D eigenvalue weighted by Crippen LogP contribution is 2.30. The molecule has 2 aromatic rings.